The first-order valence-corrected chi connectivity index (χ1v) is 11.0. The molecule has 0 saturated carbocycles. The molecular formula is C19H27FN2O4S. The van der Waals surface area contributed by atoms with Crippen molar-refractivity contribution in [3.05, 3.63) is 30.1 Å². The minimum atomic E-state index is -3.65. The van der Waals surface area contributed by atoms with Gasteiger partial charge in [-0.25, -0.2) is 12.8 Å². The maximum atomic E-state index is 13.1. The predicted octanol–water partition coefficient (Wildman–Crippen LogP) is 2.25. The summed E-state index contributed by atoms with van der Waals surface area (Å²) in [5.74, 6) is -0.506. The summed E-state index contributed by atoms with van der Waals surface area (Å²) >= 11 is 0. The van der Waals surface area contributed by atoms with Crippen molar-refractivity contribution in [1.82, 2.24) is 9.21 Å². The van der Waals surface area contributed by atoms with Gasteiger partial charge in [0, 0.05) is 38.7 Å². The highest BCUT2D eigenvalue weighted by molar-refractivity contribution is 7.89. The van der Waals surface area contributed by atoms with Gasteiger partial charge in [-0.15, -0.1) is 0 Å². The van der Waals surface area contributed by atoms with Crippen molar-refractivity contribution >= 4 is 15.9 Å². The second-order valence-electron chi connectivity index (χ2n) is 7.14. The molecule has 0 bridgehead atoms. The summed E-state index contributed by atoms with van der Waals surface area (Å²) in [5, 5.41) is 0. The van der Waals surface area contributed by atoms with E-state index >= 15 is 0 Å². The van der Waals surface area contributed by atoms with E-state index in [1.807, 2.05) is 11.8 Å². The molecule has 0 spiro atoms. The molecule has 2 aliphatic heterocycles. The molecule has 2 fully saturated rings. The molecule has 1 aromatic rings. The zero-order valence-corrected chi connectivity index (χ0v) is 16.5. The molecule has 1 amide bonds. The van der Waals surface area contributed by atoms with E-state index in [0.717, 1.165) is 31.5 Å². The van der Waals surface area contributed by atoms with Crippen LogP contribution in [0, 0.1) is 11.7 Å². The standard InChI is InChI=1S/C19H27FN2O4S/c1-2-26-17-4-3-11-21(14-17)19(23)15-9-12-22(13-10-15)27(24,25)18-7-5-16(20)6-8-18/h5-8,15,17H,2-4,9-14H2,1H3. The molecule has 1 unspecified atom stereocenters. The zero-order valence-electron chi connectivity index (χ0n) is 15.6. The smallest absolute Gasteiger partial charge is 0.243 e. The Labute approximate surface area is 160 Å². The average Bonchev–Trinajstić information content (AvgIpc) is 2.68. The number of benzene rings is 1. The number of hydrogen-bond donors (Lipinski definition) is 0. The molecule has 8 heteroatoms. The molecule has 150 valence electrons. The molecule has 0 aromatic heterocycles. The average molecular weight is 399 g/mol. The van der Waals surface area contributed by atoms with Crippen LogP contribution >= 0.6 is 0 Å². The number of rotatable bonds is 5. The Hall–Kier alpha value is -1.51. The Kier molecular flexibility index (Phi) is 6.49. The third-order valence-electron chi connectivity index (χ3n) is 5.35. The Bertz CT molecular complexity index is 743. The maximum Gasteiger partial charge on any atom is 0.243 e. The highest BCUT2D eigenvalue weighted by Gasteiger charge is 2.35. The molecule has 3 rings (SSSR count). The highest BCUT2D eigenvalue weighted by atomic mass is 32.2. The minimum absolute atomic E-state index is 0.0873. The maximum absolute atomic E-state index is 13.1. The molecular weight excluding hydrogens is 371 g/mol. The van der Waals surface area contributed by atoms with Gasteiger partial charge in [-0.1, -0.05) is 0 Å². The molecule has 0 aliphatic carbocycles. The van der Waals surface area contributed by atoms with Crippen molar-refractivity contribution in [2.75, 3.05) is 32.8 Å². The number of ether oxygens (including phenoxy) is 1. The molecule has 6 nitrogen and oxygen atoms in total. The fourth-order valence-corrected chi connectivity index (χ4v) is 5.34. The zero-order chi connectivity index (χ0) is 19.4. The third kappa shape index (κ3) is 4.67. The lowest BCUT2D eigenvalue weighted by Crippen LogP contribution is -2.48. The summed E-state index contributed by atoms with van der Waals surface area (Å²) in [7, 11) is -3.65. The lowest BCUT2D eigenvalue weighted by molar-refractivity contribution is -0.140. The van der Waals surface area contributed by atoms with Gasteiger partial charge in [-0.2, -0.15) is 4.31 Å². The lowest BCUT2D eigenvalue weighted by atomic mass is 9.95. The van der Waals surface area contributed by atoms with Crippen LogP contribution in [-0.4, -0.2) is 62.4 Å². The van der Waals surface area contributed by atoms with Gasteiger partial charge < -0.3 is 9.64 Å². The van der Waals surface area contributed by atoms with Gasteiger partial charge >= 0.3 is 0 Å². The van der Waals surface area contributed by atoms with Gasteiger partial charge in [0.1, 0.15) is 5.82 Å². The fraction of sp³-hybridized carbons (Fsp3) is 0.632. The van der Waals surface area contributed by atoms with Gasteiger partial charge in [-0.3, -0.25) is 4.79 Å². The number of hydrogen-bond acceptors (Lipinski definition) is 4. The van der Waals surface area contributed by atoms with E-state index in [9.17, 15) is 17.6 Å². The van der Waals surface area contributed by atoms with E-state index in [4.69, 9.17) is 4.74 Å². The van der Waals surface area contributed by atoms with Crippen LogP contribution < -0.4 is 0 Å². The van der Waals surface area contributed by atoms with Crippen LogP contribution in [0.5, 0.6) is 0 Å². The van der Waals surface area contributed by atoms with Gasteiger partial charge in [0.05, 0.1) is 11.0 Å². The fourth-order valence-electron chi connectivity index (χ4n) is 3.87. The Morgan fingerprint density at radius 3 is 2.44 bits per heavy atom. The molecule has 1 atom stereocenters. The topological polar surface area (TPSA) is 66.9 Å². The molecule has 27 heavy (non-hydrogen) atoms. The van der Waals surface area contributed by atoms with E-state index < -0.39 is 15.8 Å². The van der Waals surface area contributed by atoms with E-state index in [0.29, 0.717) is 39.1 Å². The first kappa shape index (κ1) is 20.2. The molecule has 0 radical (unpaired) electrons. The Morgan fingerprint density at radius 2 is 1.81 bits per heavy atom. The van der Waals surface area contributed by atoms with Gasteiger partial charge in [0.15, 0.2) is 0 Å². The summed E-state index contributed by atoms with van der Waals surface area (Å²) in [6.07, 6.45) is 3.04. The van der Waals surface area contributed by atoms with E-state index in [1.165, 1.54) is 16.4 Å². The minimum Gasteiger partial charge on any atom is -0.377 e. The second kappa shape index (κ2) is 8.67. The van der Waals surface area contributed by atoms with E-state index in [-0.39, 0.29) is 22.8 Å². The van der Waals surface area contributed by atoms with Crippen LogP contribution in [0.3, 0.4) is 0 Å². The summed E-state index contributed by atoms with van der Waals surface area (Å²) < 4.78 is 45.5. The first-order valence-electron chi connectivity index (χ1n) is 9.58. The van der Waals surface area contributed by atoms with Crippen LogP contribution in [0.1, 0.15) is 32.6 Å². The second-order valence-corrected chi connectivity index (χ2v) is 9.07. The van der Waals surface area contributed by atoms with Crippen molar-refractivity contribution < 1.29 is 22.3 Å². The number of carbonyl (C=O) groups excluding carboxylic acids is 1. The van der Waals surface area contributed by atoms with Crippen LogP contribution in [0.15, 0.2) is 29.2 Å². The third-order valence-corrected chi connectivity index (χ3v) is 7.26. The molecule has 2 heterocycles. The first-order chi connectivity index (χ1) is 12.9. The predicted molar refractivity (Wildman–Crippen MR) is 99.1 cm³/mol. The van der Waals surface area contributed by atoms with Crippen molar-refractivity contribution in [3.8, 4) is 0 Å². The summed E-state index contributed by atoms with van der Waals surface area (Å²) in [6.45, 7) is 4.58. The number of sulfonamides is 1. The monoisotopic (exact) mass is 398 g/mol. The number of halogens is 1. The largest absolute Gasteiger partial charge is 0.377 e. The van der Waals surface area contributed by atoms with E-state index in [2.05, 4.69) is 0 Å². The van der Waals surface area contributed by atoms with Crippen molar-refractivity contribution in [2.24, 2.45) is 5.92 Å². The summed E-state index contributed by atoms with van der Waals surface area (Å²) in [5.41, 5.74) is 0. The Morgan fingerprint density at radius 1 is 1.15 bits per heavy atom. The SMILES string of the molecule is CCOC1CCCN(C(=O)C2CCN(S(=O)(=O)c3ccc(F)cc3)CC2)C1. The summed E-state index contributed by atoms with van der Waals surface area (Å²) in [4.78, 5) is 14.8. The number of likely N-dealkylation sites (tertiary alicyclic amines) is 1. The van der Waals surface area contributed by atoms with Crippen molar-refractivity contribution in [2.45, 2.75) is 43.6 Å². The molecule has 2 saturated heterocycles. The van der Waals surface area contributed by atoms with Crippen molar-refractivity contribution in [1.29, 1.82) is 0 Å². The highest BCUT2D eigenvalue weighted by Crippen LogP contribution is 2.26. The van der Waals surface area contributed by atoms with Crippen molar-refractivity contribution in [3.63, 3.8) is 0 Å². The number of amides is 1. The molecule has 0 N–H and O–H groups in total. The quantitative estimate of drug-likeness (QED) is 0.763. The lowest BCUT2D eigenvalue weighted by Gasteiger charge is -2.37. The van der Waals surface area contributed by atoms with Crippen LogP contribution in [-0.2, 0) is 19.6 Å². The van der Waals surface area contributed by atoms with Gasteiger partial charge in [0.25, 0.3) is 0 Å². The Balaban J connectivity index is 1.58. The summed E-state index contributed by atoms with van der Waals surface area (Å²) in [6, 6.07) is 4.86. The number of piperidine rings is 2. The van der Waals surface area contributed by atoms with Crippen LogP contribution in [0.4, 0.5) is 4.39 Å². The number of nitrogens with zero attached hydrogens (tertiary/aromatic N) is 2. The molecule has 2 aliphatic rings. The van der Waals surface area contributed by atoms with E-state index in [1.54, 1.807) is 0 Å². The molecule has 1 aromatic carbocycles. The van der Waals surface area contributed by atoms with Crippen LogP contribution in [0.2, 0.25) is 0 Å². The van der Waals surface area contributed by atoms with Crippen LogP contribution in [0.25, 0.3) is 0 Å². The number of carbonyl (C=O) groups is 1. The van der Waals surface area contributed by atoms with Gasteiger partial charge in [-0.05, 0) is 56.9 Å². The normalized spacial score (nSPS) is 22.7. The van der Waals surface area contributed by atoms with Gasteiger partial charge in [0.2, 0.25) is 15.9 Å².